The zero-order valence-corrected chi connectivity index (χ0v) is 10.6. The summed E-state index contributed by atoms with van der Waals surface area (Å²) < 4.78 is 6.06. The van der Waals surface area contributed by atoms with Gasteiger partial charge in [0.1, 0.15) is 17.6 Å². The van der Waals surface area contributed by atoms with Crippen molar-refractivity contribution in [1.29, 1.82) is 0 Å². The summed E-state index contributed by atoms with van der Waals surface area (Å²) >= 11 is 0. The minimum Gasteiger partial charge on any atom is -0.507 e. The normalized spacial score (nSPS) is 25.4. The predicted octanol–water partition coefficient (Wildman–Crippen LogP) is 3.51. The summed E-state index contributed by atoms with van der Waals surface area (Å²) in [4.78, 5) is 0. The van der Waals surface area contributed by atoms with E-state index in [2.05, 4.69) is 12.2 Å². The fourth-order valence-corrected chi connectivity index (χ4v) is 3.10. The molecular formula is C15H18O2. The van der Waals surface area contributed by atoms with Crippen molar-refractivity contribution in [2.45, 2.75) is 45.6 Å². The van der Waals surface area contributed by atoms with Crippen LogP contribution in [0.2, 0.25) is 0 Å². The highest BCUT2D eigenvalue weighted by Gasteiger charge is 2.37. The van der Waals surface area contributed by atoms with Crippen LogP contribution in [-0.2, 0) is 0 Å². The standard InChI is InChI=1S/C15H18O2/c1-8-9(2)15-13(10(3)14(8)16)11-6-4-5-7-12(11)17-15/h5,7,11-12,16H,4,6H2,1-3H3/t11-,12+/m1/s1. The number of phenols is 1. The summed E-state index contributed by atoms with van der Waals surface area (Å²) in [5.74, 6) is 1.89. The van der Waals surface area contributed by atoms with Crippen LogP contribution in [0.1, 0.15) is 41.0 Å². The smallest absolute Gasteiger partial charge is 0.127 e. The van der Waals surface area contributed by atoms with E-state index in [1.54, 1.807) is 0 Å². The molecule has 1 aromatic carbocycles. The van der Waals surface area contributed by atoms with Crippen LogP contribution in [0.3, 0.4) is 0 Å². The SMILES string of the molecule is Cc1c(C)c2c(c(C)c1O)[C@@H]1CCC=C[C@@H]1O2. The molecule has 0 amide bonds. The highest BCUT2D eigenvalue weighted by molar-refractivity contribution is 5.61. The molecule has 1 aliphatic heterocycles. The lowest BCUT2D eigenvalue weighted by Crippen LogP contribution is -2.18. The molecule has 17 heavy (non-hydrogen) atoms. The molecular weight excluding hydrogens is 212 g/mol. The van der Waals surface area contributed by atoms with Crippen LogP contribution in [0.4, 0.5) is 0 Å². The minimum absolute atomic E-state index is 0.178. The zero-order chi connectivity index (χ0) is 12.2. The first-order valence-corrected chi connectivity index (χ1v) is 6.27. The van der Waals surface area contributed by atoms with Crippen molar-refractivity contribution < 1.29 is 9.84 Å². The van der Waals surface area contributed by atoms with Gasteiger partial charge in [0.25, 0.3) is 0 Å². The summed E-state index contributed by atoms with van der Waals surface area (Å²) in [5, 5.41) is 10.2. The van der Waals surface area contributed by atoms with Gasteiger partial charge in [-0.05, 0) is 56.4 Å². The molecule has 0 radical (unpaired) electrons. The zero-order valence-electron chi connectivity index (χ0n) is 10.6. The highest BCUT2D eigenvalue weighted by Crippen LogP contribution is 2.50. The number of benzene rings is 1. The first-order chi connectivity index (χ1) is 8.11. The van der Waals surface area contributed by atoms with Crippen LogP contribution < -0.4 is 4.74 Å². The Kier molecular flexibility index (Phi) is 2.22. The summed E-state index contributed by atoms with van der Waals surface area (Å²) in [6, 6.07) is 0. The third kappa shape index (κ3) is 1.33. The Morgan fingerprint density at radius 1 is 1.18 bits per heavy atom. The van der Waals surface area contributed by atoms with Crippen LogP contribution in [0.15, 0.2) is 12.2 Å². The fraction of sp³-hybridized carbons (Fsp3) is 0.467. The predicted molar refractivity (Wildman–Crippen MR) is 67.8 cm³/mol. The molecule has 0 saturated heterocycles. The van der Waals surface area contributed by atoms with Gasteiger partial charge in [-0.1, -0.05) is 6.08 Å². The van der Waals surface area contributed by atoms with E-state index in [9.17, 15) is 5.11 Å². The molecule has 0 fully saturated rings. The molecule has 2 aliphatic rings. The second kappa shape index (κ2) is 3.52. The van der Waals surface area contributed by atoms with Gasteiger partial charge in [0.05, 0.1) is 0 Å². The van der Waals surface area contributed by atoms with Crippen LogP contribution in [0, 0.1) is 20.8 Å². The second-order valence-electron chi connectivity index (χ2n) is 5.16. The number of allylic oxidation sites excluding steroid dienone is 1. The number of hydrogen-bond donors (Lipinski definition) is 1. The van der Waals surface area contributed by atoms with Gasteiger partial charge in [0.15, 0.2) is 0 Å². The molecule has 0 aromatic heterocycles. The van der Waals surface area contributed by atoms with Gasteiger partial charge in [-0.25, -0.2) is 0 Å². The van der Waals surface area contributed by atoms with E-state index in [1.807, 2.05) is 20.8 Å². The number of hydrogen-bond acceptors (Lipinski definition) is 2. The first-order valence-electron chi connectivity index (χ1n) is 6.27. The monoisotopic (exact) mass is 230 g/mol. The van der Waals surface area contributed by atoms with Crippen molar-refractivity contribution in [1.82, 2.24) is 0 Å². The molecule has 2 nitrogen and oxygen atoms in total. The van der Waals surface area contributed by atoms with E-state index in [0.717, 1.165) is 35.3 Å². The van der Waals surface area contributed by atoms with Crippen molar-refractivity contribution in [3.8, 4) is 11.5 Å². The van der Waals surface area contributed by atoms with E-state index >= 15 is 0 Å². The van der Waals surface area contributed by atoms with Gasteiger partial charge >= 0.3 is 0 Å². The quantitative estimate of drug-likeness (QED) is 0.691. The van der Waals surface area contributed by atoms with E-state index in [1.165, 1.54) is 5.56 Å². The number of rotatable bonds is 0. The molecule has 1 N–H and O–H groups in total. The van der Waals surface area contributed by atoms with Crippen molar-refractivity contribution in [2.75, 3.05) is 0 Å². The molecule has 1 aromatic rings. The molecule has 0 bridgehead atoms. The Balaban J connectivity index is 2.24. The lowest BCUT2D eigenvalue weighted by molar-refractivity contribution is 0.243. The van der Waals surface area contributed by atoms with Crippen molar-refractivity contribution in [2.24, 2.45) is 0 Å². The van der Waals surface area contributed by atoms with Gasteiger partial charge < -0.3 is 9.84 Å². The second-order valence-corrected chi connectivity index (χ2v) is 5.16. The Labute approximate surface area is 102 Å². The van der Waals surface area contributed by atoms with Crippen molar-refractivity contribution in [3.63, 3.8) is 0 Å². The first kappa shape index (κ1) is 10.7. The Bertz CT molecular complexity index is 514. The third-order valence-corrected chi connectivity index (χ3v) is 4.25. The van der Waals surface area contributed by atoms with E-state index in [0.29, 0.717) is 11.7 Å². The lowest BCUT2D eigenvalue weighted by atomic mass is 9.83. The maximum absolute atomic E-state index is 10.2. The van der Waals surface area contributed by atoms with Crippen molar-refractivity contribution in [3.05, 3.63) is 34.4 Å². The van der Waals surface area contributed by atoms with Gasteiger partial charge in [0, 0.05) is 11.5 Å². The van der Waals surface area contributed by atoms with Gasteiger partial charge in [-0.2, -0.15) is 0 Å². The average molecular weight is 230 g/mol. The molecule has 0 saturated carbocycles. The van der Waals surface area contributed by atoms with Gasteiger partial charge in [-0.15, -0.1) is 0 Å². The number of fused-ring (bicyclic) bond motifs is 3. The van der Waals surface area contributed by atoms with E-state index in [4.69, 9.17) is 4.74 Å². The molecule has 1 heterocycles. The van der Waals surface area contributed by atoms with Crippen LogP contribution in [0.5, 0.6) is 11.5 Å². The Hall–Kier alpha value is -1.44. The molecule has 90 valence electrons. The van der Waals surface area contributed by atoms with E-state index < -0.39 is 0 Å². The molecule has 0 spiro atoms. The average Bonchev–Trinajstić information content (AvgIpc) is 2.73. The number of aromatic hydroxyl groups is 1. The topological polar surface area (TPSA) is 29.5 Å². The van der Waals surface area contributed by atoms with Crippen LogP contribution in [0.25, 0.3) is 0 Å². The van der Waals surface area contributed by atoms with Crippen molar-refractivity contribution >= 4 is 0 Å². The lowest BCUT2D eigenvalue weighted by Gasteiger charge is -2.19. The summed E-state index contributed by atoms with van der Waals surface area (Å²) in [6.07, 6.45) is 6.77. The maximum Gasteiger partial charge on any atom is 0.127 e. The van der Waals surface area contributed by atoms with Crippen LogP contribution >= 0.6 is 0 Å². The fourth-order valence-electron chi connectivity index (χ4n) is 3.10. The molecule has 1 aliphatic carbocycles. The van der Waals surface area contributed by atoms with Gasteiger partial charge in [-0.3, -0.25) is 0 Å². The number of ether oxygens (including phenoxy) is 1. The minimum atomic E-state index is 0.178. The molecule has 3 rings (SSSR count). The summed E-state index contributed by atoms with van der Waals surface area (Å²) in [5.41, 5.74) is 4.28. The van der Waals surface area contributed by atoms with Gasteiger partial charge in [0.2, 0.25) is 0 Å². The summed E-state index contributed by atoms with van der Waals surface area (Å²) in [6.45, 7) is 6.00. The Morgan fingerprint density at radius 3 is 2.71 bits per heavy atom. The number of phenolic OH excluding ortho intramolecular Hbond substituents is 1. The highest BCUT2D eigenvalue weighted by atomic mass is 16.5. The molecule has 2 atom stereocenters. The maximum atomic E-state index is 10.2. The Morgan fingerprint density at radius 2 is 1.94 bits per heavy atom. The summed E-state index contributed by atoms with van der Waals surface area (Å²) in [7, 11) is 0. The molecule has 2 heteroatoms. The van der Waals surface area contributed by atoms with Crippen LogP contribution in [-0.4, -0.2) is 11.2 Å². The van der Waals surface area contributed by atoms with E-state index in [-0.39, 0.29) is 6.10 Å². The largest absolute Gasteiger partial charge is 0.507 e. The third-order valence-electron chi connectivity index (χ3n) is 4.25. The molecule has 0 unspecified atom stereocenters.